The highest BCUT2D eigenvalue weighted by molar-refractivity contribution is 5.80. The van der Waals surface area contributed by atoms with Gasteiger partial charge in [0, 0.05) is 36.1 Å². The summed E-state index contributed by atoms with van der Waals surface area (Å²) in [5, 5.41) is 19.4. The number of rotatable bonds is 9. The SMILES string of the molecule is CC.CC.CCOc1ccc(CC2(C)/C(=C/C=N\CO)N(CC)c3ccc(OC)cc32)cc1O.NCc1ccccc1. The predicted octanol–water partition coefficient (Wildman–Crippen LogP) is 7.24. The number of methoxy groups -OCH3 is 1. The van der Waals surface area contributed by atoms with Gasteiger partial charge in [-0.3, -0.25) is 4.99 Å². The van der Waals surface area contributed by atoms with Crippen molar-refractivity contribution in [1.82, 2.24) is 0 Å². The van der Waals surface area contributed by atoms with Gasteiger partial charge < -0.3 is 30.3 Å². The zero-order valence-corrected chi connectivity index (χ0v) is 26.7. The first-order valence-corrected chi connectivity index (χ1v) is 14.9. The van der Waals surface area contributed by atoms with Crippen molar-refractivity contribution in [2.45, 2.75) is 66.8 Å². The second kappa shape index (κ2) is 19.3. The van der Waals surface area contributed by atoms with Crippen LogP contribution in [0.3, 0.4) is 0 Å². The molecule has 0 saturated heterocycles. The van der Waals surface area contributed by atoms with Gasteiger partial charge in [0.2, 0.25) is 0 Å². The van der Waals surface area contributed by atoms with Crippen LogP contribution in [0.2, 0.25) is 0 Å². The Kier molecular flexibility index (Phi) is 16.7. The molecular formula is C35H51N3O4. The number of hydrogen-bond acceptors (Lipinski definition) is 7. The van der Waals surface area contributed by atoms with E-state index in [4.69, 9.17) is 20.3 Å². The second-order valence-electron chi connectivity index (χ2n) is 9.09. The number of aliphatic hydroxyl groups excluding tert-OH is 1. The number of ether oxygens (including phenoxy) is 2. The number of aliphatic hydroxyl groups is 1. The first-order chi connectivity index (χ1) is 20.4. The molecule has 0 radical (unpaired) electrons. The fourth-order valence-corrected chi connectivity index (χ4v) is 4.83. The van der Waals surface area contributed by atoms with Gasteiger partial charge in [-0.15, -0.1) is 0 Å². The fourth-order valence-electron chi connectivity index (χ4n) is 4.83. The van der Waals surface area contributed by atoms with E-state index in [1.165, 1.54) is 5.56 Å². The van der Waals surface area contributed by atoms with Crippen LogP contribution in [0.15, 0.2) is 83.5 Å². The summed E-state index contributed by atoms with van der Waals surface area (Å²) in [7, 11) is 1.67. The van der Waals surface area contributed by atoms with Crippen molar-refractivity contribution in [2.75, 3.05) is 31.9 Å². The van der Waals surface area contributed by atoms with Crippen LogP contribution in [0.5, 0.6) is 17.2 Å². The molecule has 4 N–H and O–H groups in total. The molecule has 3 aromatic carbocycles. The third-order valence-electron chi connectivity index (χ3n) is 6.64. The van der Waals surface area contributed by atoms with Crippen LogP contribution in [-0.2, 0) is 18.4 Å². The third-order valence-corrected chi connectivity index (χ3v) is 6.64. The summed E-state index contributed by atoms with van der Waals surface area (Å²) in [6, 6.07) is 21.7. The number of fused-ring (bicyclic) bond motifs is 1. The molecule has 0 aromatic heterocycles. The summed E-state index contributed by atoms with van der Waals surface area (Å²) in [4.78, 5) is 6.22. The molecule has 0 aliphatic carbocycles. The second-order valence-corrected chi connectivity index (χ2v) is 9.09. The van der Waals surface area contributed by atoms with Crippen LogP contribution in [0.4, 0.5) is 5.69 Å². The largest absolute Gasteiger partial charge is 0.504 e. The topological polar surface area (TPSA) is 101 Å². The van der Waals surface area contributed by atoms with E-state index < -0.39 is 0 Å². The van der Waals surface area contributed by atoms with E-state index in [1.54, 1.807) is 19.4 Å². The van der Waals surface area contributed by atoms with Crippen LogP contribution < -0.4 is 20.1 Å². The third kappa shape index (κ3) is 9.36. The zero-order valence-electron chi connectivity index (χ0n) is 26.7. The lowest BCUT2D eigenvalue weighted by molar-refractivity contribution is 0.310. The average molecular weight is 578 g/mol. The van der Waals surface area contributed by atoms with E-state index in [-0.39, 0.29) is 17.9 Å². The highest BCUT2D eigenvalue weighted by atomic mass is 16.5. The van der Waals surface area contributed by atoms with Gasteiger partial charge >= 0.3 is 0 Å². The molecule has 0 saturated carbocycles. The number of allylic oxidation sites excluding steroid dienone is 2. The summed E-state index contributed by atoms with van der Waals surface area (Å²) >= 11 is 0. The smallest absolute Gasteiger partial charge is 0.160 e. The normalized spacial score (nSPS) is 16.0. The van der Waals surface area contributed by atoms with E-state index in [0.29, 0.717) is 25.3 Å². The number of aliphatic imine (C=N–C) groups is 1. The van der Waals surface area contributed by atoms with E-state index in [2.05, 4.69) is 35.9 Å². The van der Waals surface area contributed by atoms with Gasteiger partial charge in [0.25, 0.3) is 0 Å². The maximum absolute atomic E-state index is 10.4. The van der Waals surface area contributed by atoms with E-state index in [1.807, 2.05) is 89.2 Å². The molecule has 0 fully saturated rings. The number of likely N-dealkylation sites (N-methyl/N-ethyl adjacent to an activating group) is 1. The predicted molar refractivity (Wildman–Crippen MR) is 177 cm³/mol. The molecular weight excluding hydrogens is 526 g/mol. The summed E-state index contributed by atoms with van der Waals surface area (Å²) in [6.45, 7) is 15.9. The molecule has 0 bridgehead atoms. The van der Waals surface area contributed by atoms with Gasteiger partial charge in [-0.05, 0) is 80.3 Å². The molecule has 1 unspecified atom stereocenters. The molecule has 230 valence electrons. The van der Waals surface area contributed by atoms with Crippen molar-refractivity contribution in [2.24, 2.45) is 10.7 Å². The molecule has 0 amide bonds. The van der Waals surface area contributed by atoms with Crippen LogP contribution in [0.25, 0.3) is 0 Å². The lowest BCUT2D eigenvalue weighted by atomic mass is 9.76. The number of phenolic OH excluding ortho intramolecular Hbond substituents is 1. The Morgan fingerprint density at radius 1 is 0.952 bits per heavy atom. The Hall–Kier alpha value is -3.81. The van der Waals surface area contributed by atoms with Gasteiger partial charge in [-0.25, -0.2) is 0 Å². The summed E-state index contributed by atoms with van der Waals surface area (Å²) in [6.07, 6.45) is 4.28. The minimum Gasteiger partial charge on any atom is -0.504 e. The highest BCUT2D eigenvalue weighted by Crippen LogP contribution is 2.50. The van der Waals surface area contributed by atoms with Gasteiger partial charge in [0.1, 0.15) is 12.5 Å². The first kappa shape index (κ1) is 36.2. The van der Waals surface area contributed by atoms with Crippen LogP contribution in [0.1, 0.15) is 65.2 Å². The first-order valence-electron chi connectivity index (χ1n) is 14.9. The summed E-state index contributed by atoms with van der Waals surface area (Å²) in [5.74, 6) is 1.43. The van der Waals surface area contributed by atoms with E-state index in [9.17, 15) is 5.11 Å². The van der Waals surface area contributed by atoms with Crippen molar-refractivity contribution in [3.63, 3.8) is 0 Å². The number of nitrogens with zero attached hydrogens (tertiary/aromatic N) is 2. The fraction of sp³-hybridized carbons (Fsp3) is 0.400. The molecule has 0 spiro atoms. The Morgan fingerprint density at radius 3 is 2.17 bits per heavy atom. The summed E-state index contributed by atoms with van der Waals surface area (Å²) in [5.41, 5.74) is 10.5. The van der Waals surface area contributed by atoms with Crippen LogP contribution in [0, 0.1) is 0 Å². The van der Waals surface area contributed by atoms with Gasteiger partial charge in [-0.2, -0.15) is 0 Å². The van der Waals surface area contributed by atoms with Crippen molar-refractivity contribution >= 4 is 11.9 Å². The van der Waals surface area contributed by atoms with Crippen LogP contribution >= 0.6 is 0 Å². The van der Waals surface area contributed by atoms with Crippen LogP contribution in [-0.4, -0.2) is 43.4 Å². The quantitative estimate of drug-likeness (QED) is 0.232. The number of anilines is 1. The maximum Gasteiger partial charge on any atom is 0.160 e. The highest BCUT2D eigenvalue weighted by Gasteiger charge is 2.43. The molecule has 1 atom stereocenters. The van der Waals surface area contributed by atoms with Crippen molar-refractivity contribution < 1.29 is 19.7 Å². The van der Waals surface area contributed by atoms with Gasteiger partial charge in [0.05, 0.1) is 13.7 Å². The van der Waals surface area contributed by atoms with Crippen molar-refractivity contribution in [3.8, 4) is 17.2 Å². The van der Waals surface area contributed by atoms with Crippen molar-refractivity contribution in [1.29, 1.82) is 0 Å². The minimum atomic E-state index is -0.374. The van der Waals surface area contributed by atoms with Gasteiger partial charge in [-0.1, -0.05) is 64.1 Å². The Morgan fingerprint density at radius 2 is 1.64 bits per heavy atom. The molecule has 7 nitrogen and oxygen atoms in total. The average Bonchev–Trinajstić information content (AvgIpc) is 3.27. The molecule has 1 aliphatic heterocycles. The Labute approximate surface area is 253 Å². The molecule has 1 aliphatic rings. The number of nitrogens with two attached hydrogens (primary N) is 1. The van der Waals surface area contributed by atoms with E-state index >= 15 is 0 Å². The Balaban J connectivity index is 0.000000620. The summed E-state index contributed by atoms with van der Waals surface area (Å²) < 4.78 is 11.0. The molecule has 4 rings (SSSR count). The zero-order chi connectivity index (χ0) is 31.5. The molecule has 42 heavy (non-hydrogen) atoms. The minimum absolute atomic E-state index is 0.140. The maximum atomic E-state index is 10.4. The number of phenols is 1. The molecule has 7 heteroatoms. The number of hydrogen-bond donors (Lipinski definition) is 3. The molecule has 1 heterocycles. The standard InChI is InChI=1S/C24H30N2O4.C7H9N.2C2H6/c1-5-26-20-9-8-18(29-4)14-19(20)24(3,23(26)11-12-25-16-27)15-17-7-10-22(30-6-2)21(28)13-17;8-6-7-4-2-1-3-5-7;2*1-2/h7-14,27-28H,5-6,15-16H2,1-4H3;1-5H,6,8H2;2*1-2H3/b23-11-,25-12-;;;. The Bertz CT molecular complexity index is 1240. The van der Waals surface area contributed by atoms with E-state index in [0.717, 1.165) is 34.8 Å². The van der Waals surface area contributed by atoms with Crippen molar-refractivity contribution in [3.05, 3.63) is 95.2 Å². The number of benzene rings is 3. The lowest BCUT2D eigenvalue weighted by Gasteiger charge is -2.30. The lowest BCUT2D eigenvalue weighted by Crippen LogP contribution is -2.30. The monoisotopic (exact) mass is 577 g/mol. The number of aromatic hydroxyl groups is 1. The van der Waals surface area contributed by atoms with Gasteiger partial charge in [0.15, 0.2) is 11.5 Å². The molecule has 3 aromatic rings.